The van der Waals surface area contributed by atoms with Crippen molar-refractivity contribution in [2.45, 2.75) is 52.5 Å². The molecule has 0 radical (unpaired) electrons. The Morgan fingerprint density at radius 1 is 0.854 bits per heavy atom. The molecule has 0 saturated carbocycles. The van der Waals surface area contributed by atoms with E-state index in [0.29, 0.717) is 55.0 Å². The van der Waals surface area contributed by atoms with Gasteiger partial charge in [-0.05, 0) is 48.2 Å². The fourth-order valence-corrected chi connectivity index (χ4v) is 4.49. The molecule has 0 spiro atoms. The smallest absolute Gasteiger partial charge is 0.328 e. The van der Waals surface area contributed by atoms with Crippen LogP contribution >= 0.6 is 0 Å². The van der Waals surface area contributed by atoms with E-state index in [9.17, 15) is 14.4 Å². The molecule has 7 nitrogen and oxygen atoms in total. The largest absolute Gasteiger partial charge is 0.492 e. The highest BCUT2D eigenvalue weighted by molar-refractivity contribution is 6.12. The highest BCUT2D eigenvalue weighted by Gasteiger charge is 2.22. The molecule has 0 saturated heterocycles. The van der Waals surface area contributed by atoms with E-state index < -0.39 is 12.0 Å². The van der Waals surface area contributed by atoms with E-state index in [0.717, 1.165) is 24.3 Å². The third-order valence-corrected chi connectivity index (χ3v) is 6.47. The lowest BCUT2D eigenvalue weighted by molar-refractivity contribution is -0.141. The summed E-state index contributed by atoms with van der Waals surface area (Å²) in [6.45, 7) is 8.21. The molecule has 0 aliphatic heterocycles. The van der Waals surface area contributed by atoms with E-state index in [4.69, 9.17) is 9.47 Å². The van der Waals surface area contributed by atoms with Crippen LogP contribution in [0, 0.1) is 5.41 Å². The monoisotopic (exact) mass is 558 g/mol. The maximum atomic E-state index is 13.1. The van der Waals surface area contributed by atoms with Crippen LogP contribution in [0.4, 0.5) is 5.69 Å². The SMILES string of the molecule is COC(=O)[C@H](Cc1ccc(OCCNCCCC(=O)CC(C)(C)C)cc1)Nc1ccccc1C(=O)c1ccccc1. The number of anilines is 1. The van der Waals surface area contributed by atoms with Gasteiger partial charge in [0, 0.05) is 42.6 Å². The number of carbonyl (C=O) groups excluding carboxylic acids is 3. The molecule has 1 atom stereocenters. The first-order valence-corrected chi connectivity index (χ1v) is 14.1. The maximum absolute atomic E-state index is 13.1. The van der Waals surface area contributed by atoms with Crippen LogP contribution in [-0.4, -0.2) is 50.4 Å². The Hall–Kier alpha value is -3.97. The number of Topliss-reactive ketones (excluding diaryl/α,β-unsaturated/α-hetero) is 1. The quantitative estimate of drug-likeness (QED) is 0.129. The number of carbonyl (C=O) groups is 3. The number of ketones is 2. The Labute approximate surface area is 243 Å². The molecule has 3 aromatic carbocycles. The van der Waals surface area contributed by atoms with E-state index in [1.165, 1.54) is 7.11 Å². The minimum atomic E-state index is -0.684. The van der Waals surface area contributed by atoms with Crippen molar-refractivity contribution in [1.82, 2.24) is 5.32 Å². The molecular formula is C34H42N2O5. The summed E-state index contributed by atoms with van der Waals surface area (Å²) < 4.78 is 10.9. The number of hydrogen-bond acceptors (Lipinski definition) is 7. The zero-order valence-electron chi connectivity index (χ0n) is 24.6. The topological polar surface area (TPSA) is 93.7 Å². The molecule has 0 bridgehead atoms. The molecule has 41 heavy (non-hydrogen) atoms. The first-order valence-electron chi connectivity index (χ1n) is 14.1. The van der Waals surface area contributed by atoms with Gasteiger partial charge in [-0.2, -0.15) is 0 Å². The molecule has 2 N–H and O–H groups in total. The summed E-state index contributed by atoms with van der Waals surface area (Å²) in [7, 11) is 1.35. The van der Waals surface area contributed by atoms with Gasteiger partial charge in [0.1, 0.15) is 24.2 Å². The van der Waals surface area contributed by atoms with Gasteiger partial charge in [-0.25, -0.2) is 4.79 Å². The van der Waals surface area contributed by atoms with Gasteiger partial charge >= 0.3 is 5.97 Å². The molecule has 3 rings (SSSR count). The second kappa shape index (κ2) is 15.7. The normalized spacial score (nSPS) is 11.9. The van der Waals surface area contributed by atoms with Crippen molar-refractivity contribution in [3.05, 3.63) is 95.6 Å². The fourth-order valence-electron chi connectivity index (χ4n) is 4.49. The number of para-hydroxylation sites is 1. The Morgan fingerprint density at radius 3 is 2.22 bits per heavy atom. The summed E-state index contributed by atoms with van der Waals surface area (Å²) in [6, 6.07) is 23.1. The first-order chi connectivity index (χ1) is 19.7. The number of benzene rings is 3. The van der Waals surface area contributed by atoms with E-state index >= 15 is 0 Å². The van der Waals surface area contributed by atoms with Gasteiger partial charge in [-0.3, -0.25) is 9.59 Å². The molecule has 0 unspecified atom stereocenters. The summed E-state index contributed by atoms with van der Waals surface area (Å²) in [5, 5.41) is 6.55. The highest BCUT2D eigenvalue weighted by Crippen LogP contribution is 2.22. The van der Waals surface area contributed by atoms with Gasteiger partial charge < -0.3 is 20.1 Å². The number of esters is 1. The average Bonchev–Trinajstić information content (AvgIpc) is 2.96. The lowest BCUT2D eigenvalue weighted by Gasteiger charge is -2.20. The third kappa shape index (κ3) is 10.8. The molecular weight excluding hydrogens is 516 g/mol. The van der Waals surface area contributed by atoms with Crippen molar-refractivity contribution in [2.24, 2.45) is 5.41 Å². The zero-order valence-corrected chi connectivity index (χ0v) is 24.6. The predicted molar refractivity (Wildman–Crippen MR) is 163 cm³/mol. The first kappa shape index (κ1) is 31.6. The number of ether oxygens (including phenoxy) is 2. The molecule has 0 aliphatic carbocycles. The van der Waals surface area contributed by atoms with Gasteiger partial charge in [0.25, 0.3) is 0 Å². The second-order valence-electron chi connectivity index (χ2n) is 11.3. The van der Waals surface area contributed by atoms with Crippen LogP contribution in [0.25, 0.3) is 0 Å². The van der Waals surface area contributed by atoms with Gasteiger partial charge in [0.15, 0.2) is 5.78 Å². The van der Waals surface area contributed by atoms with Crippen molar-refractivity contribution in [1.29, 1.82) is 0 Å². The molecule has 3 aromatic rings. The maximum Gasteiger partial charge on any atom is 0.328 e. The highest BCUT2D eigenvalue weighted by atomic mass is 16.5. The van der Waals surface area contributed by atoms with Crippen molar-refractivity contribution < 1.29 is 23.9 Å². The predicted octanol–water partition coefficient (Wildman–Crippen LogP) is 5.87. The van der Waals surface area contributed by atoms with Crippen LogP contribution in [0.3, 0.4) is 0 Å². The molecule has 0 amide bonds. The van der Waals surface area contributed by atoms with E-state index in [1.807, 2.05) is 48.5 Å². The molecule has 0 aliphatic rings. The van der Waals surface area contributed by atoms with Gasteiger partial charge in [-0.1, -0.05) is 75.4 Å². The van der Waals surface area contributed by atoms with Crippen molar-refractivity contribution in [3.63, 3.8) is 0 Å². The molecule has 7 heteroatoms. The van der Waals surface area contributed by atoms with Gasteiger partial charge in [0.2, 0.25) is 0 Å². The van der Waals surface area contributed by atoms with E-state index in [-0.39, 0.29) is 11.2 Å². The third-order valence-electron chi connectivity index (χ3n) is 6.47. The Balaban J connectivity index is 1.50. The molecule has 0 heterocycles. The summed E-state index contributed by atoms with van der Waals surface area (Å²) in [4.78, 5) is 37.8. The van der Waals surface area contributed by atoms with Crippen LogP contribution in [0.2, 0.25) is 0 Å². The van der Waals surface area contributed by atoms with Crippen LogP contribution in [0.5, 0.6) is 5.75 Å². The van der Waals surface area contributed by atoms with Crippen molar-refractivity contribution in [3.8, 4) is 5.75 Å². The number of nitrogens with one attached hydrogen (secondary N) is 2. The lowest BCUT2D eigenvalue weighted by Crippen LogP contribution is -2.33. The minimum absolute atomic E-state index is 0.0407. The summed E-state index contributed by atoms with van der Waals surface area (Å²) >= 11 is 0. The molecule has 0 fully saturated rings. The van der Waals surface area contributed by atoms with Crippen molar-refractivity contribution in [2.75, 3.05) is 32.1 Å². The minimum Gasteiger partial charge on any atom is -0.492 e. The van der Waals surface area contributed by atoms with Crippen molar-refractivity contribution >= 4 is 23.2 Å². The molecule has 218 valence electrons. The summed E-state index contributed by atoms with van der Waals surface area (Å²) in [6.07, 6.45) is 2.41. The zero-order chi connectivity index (χ0) is 29.7. The Kier molecular flexibility index (Phi) is 12.1. The molecule has 0 aromatic heterocycles. The average molecular weight is 559 g/mol. The number of hydrogen-bond donors (Lipinski definition) is 2. The van der Waals surface area contributed by atoms with Crippen LogP contribution < -0.4 is 15.4 Å². The summed E-state index contributed by atoms with van der Waals surface area (Å²) in [5.74, 6) is 0.503. The Morgan fingerprint density at radius 2 is 1.54 bits per heavy atom. The standard InChI is InChI=1S/C34H42N2O5/c1-34(2,3)24-27(37)13-10-20-35-21-22-41-28-18-16-25(17-19-28)23-31(33(39)40-4)36-30-15-9-8-14-29(30)32(38)26-11-6-5-7-12-26/h5-9,11-12,14-19,31,35-36H,10,13,20-24H2,1-4H3/t31-/m0/s1. The van der Waals surface area contributed by atoms with Crippen LogP contribution in [0.1, 0.15) is 61.5 Å². The Bertz CT molecular complexity index is 1270. The number of rotatable bonds is 16. The van der Waals surface area contributed by atoms with Gasteiger partial charge in [-0.15, -0.1) is 0 Å². The fraction of sp³-hybridized carbons (Fsp3) is 0.382. The van der Waals surface area contributed by atoms with E-state index in [1.54, 1.807) is 30.3 Å². The lowest BCUT2D eigenvalue weighted by atomic mass is 9.89. The van der Waals surface area contributed by atoms with E-state index in [2.05, 4.69) is 31.4 Å². The van der Waals surface area contributed by atoms with Gasteiger partial charge in [0.05, 0.1) is 7.11 Å². The summed E-state index contributed by atoms with van der Waals surface area (Å²) in [5.41, 5.74) is 2.60. The van der Waals surface area contributed by atoms with Crippen LogP contribution in [-0.2, 0) is 20.7 Å². The number of methoxy groups -OCH3 is 1. The second-order valence-corrected chi connectivity index (χ2v) is 11.3. The van der Waals surface area contributed by atoms with Crippen LogP contribution in [0.15, 0.2) is 78.9 Å².